The second kappa shape index (κ2) is 5.12. The maximum Gasteiger partial charge on any atom is 0.308 e. The lowest BCUT2D eigenvalue weighted by Crippen LogP contribution is -2.40. The van der Waals surface area contributed by atoms with Crippen molar-refractivity contribution in [3.8, 4) is 0 Å². The highest BCUT2D eigenvalue weighted by Crippen LogP contribution is 2.42. The third-order valence-electron chi connectivity index (χ3n) is 5.00. The Morgan fingerprint density at radius 2 is 2.11 bits per heavy atom. The average molecular weight is 266 g/mol. The summed E-state index contributed by atoms with van der Waals surface area (Å²) in [6, 6.07) is 0.154. The van der Waals surface area contributed by atoms with Crippen LogP contribution in [0.15, 0.2) is 0 Å². The van der Waals surface area contributed by atoms with Crippen LogP contribution in [0.2, 0.25) is 0 Å². The highest BCUT2D eigenvalue weighted by molar-refractivity contribution is 5.80. The topological polar surface area (TPSA) is 69.6 Å². The number of hydrogen-bond donors (Lipinski definition) is 2. The second-order valence-corrected chi connectivity index (χ2v) is 6.20. The highest BCUT2D eigenvalue weighted by atomic mass is 16.4. The summed E-state index contributed by atoms with van der Waals surface area (Å²) in [4.78, 5) is 25.6. The maximum absolute atomic E-state index is 12.4. The van der Waals surface area contributed by atoms with Crippen molar-refractivity contribution in [2.45, 2.75) is 50.6 Å². The van der Waals surface area contributed by atoms with Crippen LogP contribution in [0.25, 0.3) is 0 Å². The summed E-state index contributed by atoms with van der Waals surface area (Å²) in [6.45, 7) is 1.98. The molecule has 2 bridgehead atoms. The van der Waals surface area contributed by atoms with Gasteiger partial charge in [-0.1, -0.05) is 0 Å². The summed E-state index contributed by atoms with van der Waals surface area (Å²) in [6.07, 6.45) is 5.37. The number of rotatable bonds is 3. The van der Waals surface area contributed by atoms with E-state index in [9.17, 15) is 14.7 Å². The van der Waals surface area contributed by atoms with Crippen LogP contribution in [0.1, 0.15) is 38.5 Å². The van der Waals surface area contributed by atoms with Crippen LogP contribution in [0.3, 0.4) is 0 Å². The molecule has 4 atom stereocenters. The van der Waals surface area contributed by atoms with Gasteiger partial charge in [-0.2, -0.15) is 0 Å². The molecule has 19 heavy (non-hydrogen) atoms. The zero-order valence-electron chi connectivity index (χ0n) is 11.2. The predicted molar refractivity (Wildman–Crippen MR) is 69.6 cm³/mol. The summed E-state index contributed by atoms with van der Waals surface area (Å²) in [7, 11) is 0. The van der Waals surface area contributed by atoms with E-state index in [0.717, 1.165) is 38.8 Å². The third-order valence-corrected chi connectivity index (χ3v) is 5.00. The minimum absolute atomic E-state index is 0.0356. The fourth-order valence-corrected chi connectivity index (χ4v) is 4.09. The van der Waals surface area contributed by atoms with E-state index in [-0.39, 0.29) is 23.9 Å². The van der Waals surface area contributed by atoms with Crippen LogP contribution in [-0.2, 0) is 9.59 Å². The van der Waals surface area contributed by atoms with Gasteiger partial charge in [-0.25, -0.2) is 0 Å². The molecule has 0 spiro atoms. The fraction of sp³-hybridized carbons (Fsp3) is 0.857. The molecule has 3 rings (SSSR count). The van der Waals surface area contributed by atoms with Crippen LogP contribution in [0.4, 0.5) is 0 Å². The van der Waals surface area contributed by atoms with Crippen LogP contribution >= 0.6 is 0 Å². The number of carboxylic acids is 1. The molecule has 0 saturated carbocycles. The second-order valence-electron chi connectivity index (χ2n) is 6.20. The Hall–Kier alpha value is -1.10. The lowest BCUT2D eigenvalue weighted by Gasteiger charge is -2.27. The highest BCUT2D eigenvalue weighted by Gasteiger charge is 2.51. The third kappa shape index (κ3) is 2.36. The van der Waals surface area contributed by atoms with Crippen molar-refractivity contribution in [1.29, 1.82) is 0 Å². The number of fused-ring (bicyclic) bond motifs is 2. The summed E-state index contributed by atoms with van der Waals surface area (Å²) >= 11 is 0. The lowest BCUT2D eigenvalue weighted by molar-refractivity contribution is -0.143. The molecule has 0 aromatic carbocycles. The van der Waals surface area contributed by atoms with Gasteiger partial charge >= 0.3 is 5.97 Å². The van der Waals surface area contributed by atoms with Gasteiger partial charge in [0.1, 0.15) is 0 Å². The number of carbonyl (C=O) groups excluding carboxylic acids is 1. The standard InChI is InChI=1S/C14H22N2O3/c17-13(6-9-2-1-5-15-8-9)16-10-3-4-12(16)11(7-10)14(18)19/h9-12,15H,1-8H2,(H,18,19). The molecular weight excluding hydrogens is 244 g/mol. The first-order chi connectivity index (χ1) is 9.16. The van der Waals surface area contributed by atoms with E-state index in [2.05, 4.69) is 5.32 Å². The van der Waals surface area contributed by atoms with Gasteiger partial charge in [-0.3, -0.25) is 9.59 Å². The molecule has 5 heteroatoms. The Kier molecular flexibility index (Phi) is 3.48. The van der Waals surface area contributed by atoms with Gasteiger partial charge in [0.15, 0.2) is 0 Å². The Balaban J connectivity index is 1.62. The Morgan fingerprint density at radius 1 is 1.26 bits per heavy atom. The molecule has 3 heterocycles. The Labute approximate surface area is 113 Å². The van der Waals surface area contributed by atoms with Crippen molar-refractivity contribution in [3.63, 3.8) is 0 Å². The van der Waals surface area contributed by atoms with Crippen molar-refractivity contribution < 1.29 is 14.7 Å². The smallest absolute Gasteiger partial charge is 0.308 e. The maximum atomic E-state index is 12.4. The molecule has 2 N–H and O–H groups in total. The molecule has 0 aliphatic carbocycles. The molecule has 3 fully saturated rings. The molecule has 3 saturated heterocycles. The zero-order valence-corrected chi connectivity index (χ0v) is 11.2. The molecular formula is C14H22N2O3. The molecule has 4 unspecified atom stereocenters. The van der Waals surface area contributed by atoms with E-state index in [1.165, 1.54) is 0 Å². The lowest BCUT2D eigenvalue weighted by atomic mass is 9.89. The van der Waals surface area contributed by atoms with E-state index >= 15 is 0 Å². The Morgan fingerprint density at radius 3 is 2.74 bits per heavy atom. The van der Waals surface area contributed by atoms with Crippen molar-refractivity contribution in [3.05, 3.63) is 0 Å². The molecule has 3 aliphatic rings. The molecule has 0 radical (unpaired) electrons. The number of amides is 1. The molecule has 0 aromatic heterocycles. The van der Waals surface area contributed by atoms with Gasteiger partial charge in [0.05, 0.1) is 5.92 Å². The Bertz CT molecular complexity index is 379. The van der Waals surface area contributed by atoms with Crippen molar-refractivity contribution in [1.82, 2.24) is 10.2 Å². The number of piperidine rings is 1. The van der Waals surface area contributed by atoms with Crippen LogP contribution < -0.4 is 5.32 Å². The van der Waals surface area contributed by atoms with E-state index in [1.807, 2.05) is 4.90 Å². The number of nitrogens with one attached hydrogen (secondary N) is 1. The molecule has 0 aromatic rings. The number of aliphatic carboxylic acids is 1. The first-order valence-electron chi connectivity index (χ1n) is 7.41. The number of hydrogen-bond acceptors (Lipinski definition) is 3. The van der Waals surface area contributed by atoms with Gasteiger partial charge in [0.25, 0.3) is 0 Å². The van der Waals surface area contributed by atoms with Gasteiger partial charge in [0, 0.05) is 18.5 Å². The average Bonchev–Trinajstić information content (AvgIpc) is 2.97. The van der Waals surface area contributed by atoms with Crippen molar-refractivity contribution >= 4 is 11.9 Å². The quantitative estimate of drug-likeness (QED) is 0.794. The normalized spacial score (nSPS) is 37.6. The molecule has 3 aliphatic heterocycles. The monoisotopic (exact) mass is 266 g/mol. The van der Waals surface area contributed by atoms with Crippen molar-refractivity contribution in [2.24, 2.45) is 11.8 Å². The van der Waals surface area contributed by atoms with Crippen LogP contribution in [0.5, 0.6) is 0 Å². The summed E-state index contributed by atoms with van der Waals surface area (Å²) in [5, 5.41) is 12.5. The number of carboxylic acid groups (broad SMARTS) is 1. The van der Waals surface area contributed by atoms with Crippen LogP contribution in [0, 0.1) is 11.8 Å². The van der Waals surface area contributed by atoms with Gasteiger partial charge in [0.2, 0.25) is 5.91 Å². The van der Waals surface area contributed by atoms with Gasteiger partial charge < -0.3 is 15.3 Å². The molecule has 1 amide bonds. The zero-order chi connectivity index (χ0) is 13.4. The summed E-state index contributed by atoms with van der Waals surface area (Å²) < 4.78 is 0. The van der Waals surface area contributed by atoms with Gasteiger partial charge in [-0.15, -0.1) is 0 Å². The van der Waals surface area contributed by atoms with E-state index < -0.39 is 5.97 Å². The largest absolute Gasteiger partial charge is 0.481 e. The van der Waals surface area contributed by atoms with E-state index in [1.54, 1.807) is 0 Å². The minimum Gasteiger partial charge on any atom is -0.481 e. The minimum atomic E-state index is -0.732. The first-order valence-corrected chi connectivity index (χ1v) is 7.41. The van der Waals surface area contributed by atoms with Gasteiger partial charge in [-0.05, 0) is 51.1 Å². The van der Waals surface area contributed by atoms with E-state index in [4.69, 9.17) is 0 Å². The molecule has 5 nitrogen and oxygen atoms in total. The SMILES string of the molecule is O=C(O)C1CC2CCC1N2C(=O)CC1CCCNC1. The fourth-order valence-electron chi connectivity index (χ4n) is 4.09. The number of nitrogens with zero attached hydrogens (tertiary/aromatic N) is 1. The summed E-state index contributed by atoms with van der Waals surface area (Å²) in [5.41, 5.74) is 0. The predicted octanol–water partition coefficient (Wildman–Crippen LogP) is 0.840. The summed E-state index contributed by atoms with van der Waals surface area (Å²) in [5.74, 6) is -0.439. The number of carbonyl (C=O) groups is 2. The van der Waals surface area contributed by atoms with Crippen molar-refractivity contribution in [2.75, 3.05) is 13.1 Å². The first kappa shape index (κ1) is 12.9. The van der Waals surface area contributed by atoms with Crippen LogP contribution in [-0.4, -0.2) is 47.1 Å². The van der Waals surface area contributed by atoms with E-state index in [0.29, 0.717) is 18.8 Å². The molecule has 106 valence electrons.